The van der Waals surface area contributed by atoms with Gasteiger partial charge in [-0.1, -0.05) is 27.7 Å². The first kappa shape index (κ1) is 11.7. The predicted molar refractivity (Wildman–Crippen MR) is 60.1 cm³/mol. The predicted octanol–water partition coefficient (Wildman–Crippen LogP) is 3.67. The van der Waals surface area contributed by atoms with Crippen molar-refractivity contribution in [1.29, 1.82) is 0 Å². The van der Waals surface area contributed by atoms with Gasteiger partial charge in [0.1, 0.15) is 5.78 Å². The summed E-state index contributed by atoms with van der Waals surface area (Å²) in [7, 11) is 0. The van der Waals surface area contributed by atoms with Crippen LogP contribution >= 0.6 is 0 Å². The van der Waals surface area contributed by atoms with E-state index in [-0.39, 0.29) is 0 Å². The molecule has 0 aliphatic heterocycles. The highest BCUT2D eigenvalue weighted by atomic mass is 16.1. The third-order valence-electron chi connectivity index (χ3n) is 3.48. The monoisotopic (exact) mass is 196 g/mol. The van der Waals surface area contributed by atoms with E-state index in [9.17, 15) is 4.79 Å². The molecule has 1 aliphatic carbocycles. The molecule has 0 saturated heterocycles. The molecule has 0 heterocycles. The minimum atomic E-state index is 0.393. The molecule has 0 aromatic heterocycles. The Labute approximate surface area is 88.3 Å². The lowest BCUT2D eigenvalue weighted by molar-refractivity contribution is -0.123. The molecule has 0 unspecified atom stereocenters. The summed E-state index contributed by atoms with van der Waals surface area (Å²) in [4.78, 5) is 11.8. The van der Waals surface area contributed by atoms with E-state index in [1.807, 2.05) is 0 Å². The van der Waals surface area contributed by atoms with Crippen molar-refractivity contribution in [2.24, 2.45) is 23.7 Å². The van der Waals surface area contributed by atoms with Crippen LogP contribution in [0.3, 0.4) is 0 Å². The van der Waals surface area contributed by atoms with Crippen molar-refractivity contribution < 1.29 is 4.79 Å². The third-order valence-corrected chi connectivity index (χ3v) is 3.48. The van der Waals surface area contributed by atoms with Crippen LogP contribution in [0.1, 0.15) is 53.4 Å². The van der Waals surface area contributed by atoms with E-state index in [1.165, 1.54) is 6.42 Å². The van der Waals surface area contributed by atoms with Crippen LogP contribution in [0.25, 0.3) is 0 Å². The smallest absolute Gasteiger partial charge is 0.136 e. The Bertz CT molecular complexity index is 193. The van der Waals surface area contributed by atoms with Gasteiger partial charge in [0, 0.05) is 12.3 Å². The number of hydrogen-bond donors (Lipinski definition) is 0. The van der Waals surface area contributed by atoms with E-state index in [2.05, 4.69) is 27.7 Å². The first-order valence-corrected chi connectivity index (χ1v) is 6.03. The summed E-state index contributed by atoms with van der Waals surface area (Å²) in [5.41, 5.74) is 0. The standard InChI is InChI=1S/C13H24O/c1-9(2)7-13(14)12-6-5-11(8-12)10(3)4/h9-12H,5-8H2,1-4H3/t11-,12-/m1/s1. The van der Waals surface area contributed by atoms with Crippen molar-refractivity contribution in [1.82, 2.24) is 0 Å². The first-order valence-electron chi connectivity index (χ1n) is 6.03. The second-order valence-corrected chi connectivity index (χ2v) is 5.58. The molecule has 1 aliphatic rings. The Morgan fingerprint density at radius 2 is 1.86 bits per heavy atom. The Hall–Kier alpha value is -0.330. The highest BCUT2D eigenvalue weighted by molar-refractivity contribution is 5.81. The lowest BCUT2D eigenvalue weighted by Crippen LogP contribution is -2.14. The molecule has 0 N–H and O–H groups in total. The van der Waals surface area contributed by atoms with Crippen molar-refractivity contribution >= 4 is 5.78 Å². The quantitative estimate of drug-likeness (QED) is 0.670. The fourth-order valence-corrected chi connectivity index (χ4v) is 2.48. The number of carbonyl (C=O) groups excluding carboxylic acids is 1. The van der Waals surface area contributed by atoms with Crippen LogP contribution in [0.5, 0.6) is 0 Å². The number of rotatable bonds is 4. The fourth-order valence-electron chi connectivity index (χ4n) is 2.48. The molecule has 82 valence electrons. The molecular weight excluding hydrogens is 172 g/mol. The maximum absolute atomic E-state index is 11.8. The van der Waals surface area contributed by atoms with Crippen LogP contribution in [0, 0.1) is 23.7 Å². The van der Waals surface area contributed by atoms with Crippen molar-refractivity contribution in [2.75, 3.05) is 0 Å². The van der Waals surface area contributed by atoms with Crippen LogP contribution in [0.15, 0.2) is 0 Å². The van der Waals surface area contributed by atoms with Gasteiger partial charge in [0.15, 0.2) is 0 Å². The minimum absolute atomic E-state index is 0.393. The largest absolute Gasteiger partial charge is 0.299 e. The molecule has 1 saturated carbocycles. The molecule has 0 bridgehead atoms. The molecule has 2 atom stereocenters. The van der Waals surface area contributed by atoms with Crippen LogP contribution in [-0.2, 0) is 4.79 Å². The van der Waals surface area contributed by atoms with Crippen LogP contribution in [-0.4, -0.2) is 5.78 Å². The van der Waals surface area contributed by atoms with Crippen LogP contribution in [0.4, 0.5) is 0 Å². The summed E-state index contributed by atoms with van der Waals surface area (Å²) in [5, 5.41) is 0. The van der Waals surface area contributed by atoms with E-state index < -0.39 is 0 Å². The van der Waals surface area contributed by atoms with Crippen molar-refractivity contribution in [2.45, 2.75) is 53.4 Å². The average molecular weight is 196 g/mol. The topological polar surface area (TPSA) is 17.1 Å². The summed E-state index contributed by atoms with van der Waals surface area (Å²) < 4.78 is 0. The van der Waals surface area contributed by atoms with E-state index in [0.717, 1.165) is 31.1 Å². The summed E-state index contributed by atoms with van der Waals surface area (Å²) in [6, 6.07) is 0. The molecule has 0 aromatic rings. The van der Waals surface area contributed by atoms with E-state index in [0.29, 0.717) is 17.6 Å². The third kappa shape index (κ3) is 3.11. The number of hydrogen-bond acceptors (Lipinski definition) is 1. The summed E-state index contributed by atoms with van der Waals surface area (Å²) >= 11 is 0. The molecule has 0 amide bonds. The van der Waals surface area contributed by atoms with Crippen LogP contribution < -0.4 is 0 Å². The van der Waals surface area contributed by atoms with Gasteiger partial charge in [0.2, 0.25) is 0 Å². The lowest BCUT2D eigenvalue weighted by atomic mass is 9.90. The summed E-state index contributed by atoms with van der Waals surface area (Å²) in [6.45, 7) is 8.82. The van der Waals surface area contributed by atoms with Gasteiger partial charge >= 0.3 is 0 Å². The second kappa shape index (κ2) is 4.95. The highest BCUT2D eigenvalue weighted by Gasteiger charge is 2.30. The average Bonchev–Trinajstić information content (AvgIpc) is 2.50. The Morgan fingerprint density at radius 1 is 1.21 bits per heavy atom. The zero-order valence-electron chi connectivity index (χ0n) is 10.0. The van der Waals surface area contributed by atoms with Crippen molar-refractivity contribution in [3.8, 4) is 0 Å². The number of Topliss-reactive ketones (excluding diaryl/α,β-unsaturated/α-hetero) is 1. The lowest BCUT2D eigenvalue weighted by Gasteiger charge is -2.14. The molecule has 1 heteroatoms. The summed E-state index contributed by atoms with van der Waals surface area (Å²) in [6.07, 6.45) is 4.36. The highest BCUT2D eigenvalue weighted by Crippen LogP contribution is 2.36. The number of ketones is 1. The van der Waals surface area contributed by atoms with Gasteiger partial charge in [-0.3, -0.25) is 4.79 Å². The molecule has 1 nitrogen and oxygen atoms in total. The van der Waals surface area contributed by atoms with E-state index in [4.69, 9.17) is 0 Å². The van der Waals surface area contributed by atoms with Crippen molar-refractivity contribution in [3.63, 3.8) is 0 Å². The Kier molecular flexibility index (Phi) is 4.15. The maximum atomic E-state index is 11.8. The molecule has 14 heavy (non-hydrogen) atoms. The van der Waals surface area contributed by atoms with Gasteiger partial charge in [-0.25, -0.2) is 0 Å². The van der Waals surface area contributed by atoms with Gasteiger partial charge in [0.05, 0.1) is 0 Å². The molecule has 0 aromatic carbocycles. The SMILES string of the molecule is CC(C)CC(=O)[C@@H]1CC[C@@H](C(C)C)C1. The van der Waals surface area contributed by atoms with Crippen LogP contribution in [0.2, 0.25) is 0 Å². The summed E-state index contributed by atoms with van der Waals surface area (Å²) in [5.74, 6) is 3.00. The Morgan fingerprint density at radius 3 is 2.29 bits per heavy atom. The molecule has 1 fully saturated rings. The number of carbonyl (C=O) groups is 1. The molecule has 0 radical (unpaired) electrons. The minimum Gasteiger partial charge on any atom is -0.299 e. The van der Waals surface area contributed by atoms with Gasteiger partial charge in [-0.2, -0.15) is 0 Å². The van der Waals surface area contributed by atoms with Gasteiger partial charge in [0.25, 0.3) is 0 Å². The molecular formula is C13H24O. The Balaban J connectivity index is 2.38. The van der Waals surface area contributed by atoms with Gasteiger partial charge in [-0.05, 0) is 37.0 Å². The molecule has 0 spiro atoms. The van der Waals surface area contributed by atoms with Gasteiger partial charge < -0.3 is 0 Å². The normalized spacial score (nSPS) is 27.6. The zero-order valence-corrected chi connectivity index (χ0v) is 10.0. The first-order chi connectivity index (χ1) is 6.50. The zero-order chi connectivity index (χ0) is 10.7. The second-order valence-electron chi connectivity index (χ2n) is 5.58. The van der Waals surface area contributed by atoms with Crippen molar-refractivity contribution in [3.05, 3.63) is 0 Å². The maximum Gasteiger partial charge on any atom is 0.136 e. The van der Waals surface area contributed by atoms with Gasteiger partial charge in [-0.15, -0.1) is 0 Å². The van der Waals surface area contributed by atoms with E-state index >= 15 is 0 Å². The van der Waals surface area contributed by atoms with E-state index in [1.54, 1.807) is 0 Å². The molecule has 1 rings (SSSR count). The fraction of sp³-hybridized carbons (Fsp3) is 0.923.